The molecule has 3 aromatic rings. The summed E-state index contributed by atoms with van der Waals surface area (Å²) in [5.74, 6) is 1.43. The standard InChI is InChI=1S/C23H28N6O/c1-22(2)11-16(12-23(3,4)29-22)28-20-14-26-18(13-27-20)17-7-6-15(10-19(17)30)21-24-8-5-9-25-21/h5-10,13-14,16,29-30H,11-12H2,1-4H3,(H,27,28). The fourth-order valence-corrected chi connectivity index (χ4v) is 4.51. The Morgan fingerprint density at radius 3 is 2.27 bits per heavy atom. The first-order chi connectivity index (χ1) is 14.2. The van der Waals surface area contributed by atoms with E-state index in [0.29, 0.717) is 23.1 Å². The number of nitrogens with one attached hydrogen (secondary N) is 2. The number of hydrogen-bond donors (Lipinski definition) is 3. The van der Waals surface area contributed by atoms with Gasteiger partial charge in [0.25, 0.3) is 0 Å². The minimum Gasteiger partial charge on any atom is -0.507 e. The van der Waals surface area contributed by atoms with E-state index in [0.717, 1.165) is 24.2 Å². The fraction of sp³-hybridized carbons (Fsp3) is 0.391. The summed E-state index contributed by atoms with van der Waals surface area (Å²) in [7, 11) is 0. The van der Waals surface area contributed by atoms with E-state index in [1.807, 2.05) is 12.1 Å². The van der Waals surface area contributed by atoms with Crippen LogP contribution in [0.4, 0.5) is 5.82 Å². The van der Waals surface area contributed by atoms with Crippen LogP contribution in [0.2, 0.25) is 0 Å². The average molecular weight is 405 g/mol. The largest absolute Gasteiger partial charge is 0.507 e. The lowest BCUT2D eigenvalue weighted by Gasteiger charge is -2.46. The first-order valence-corrected chi connectivity index (χ1v) is 10.2. The SMILES string of the molecule is CC1(C)CC(Nc2cnc(-c3ccc(-c4ncccn4)cc3O)cn2)CC(C)(C)N1. The molecule has 1 aliphatic heterocycles. The summed E-state index contributed by atoms with van der Waals surface area (Å²) in [5, 5.41) is 17.7. The summed E-state index contributed by atoms with van der Waals surface area (Å²) in [5.41, 5.74) is 2.10. The molecule has 3 heterocycles. The molecule has 1 aliphatic rings. The lowest BCUT2D eigenvalue weighted by molar-refractivity contribution is 0.170. The zero-order valence-corrected chi connectivity index (χ0v) is 17.8. The normalized spacial score (nSPS) is 18.1. The molecular formula is C23H28N6O. The van der Waals surface area contributed by atoms with Crippen molar-refractivity contribution in [3.8, 4) is 28.4 Å². The Balaban J connectivity index is 1.50. The van der Waals surface area contributed by atoms with Crippen LogP contribution in [0.5, 0.6) is 5.75 Å². The number of nitrogens with zero attached hydrogens (tertiary/aromatic N) is 4. The molecule has 1 aromatic carbocycles. The molecule has 0 spiro atoms. The Kier molecular flexibility index (Phi) is 5.15. The fourth-order valence-electron chi connectivity index (χ4n) is 4.51. The lowest BCUT2D eigenvalue weighted by atomic mass is 9.79. The van der Waals surface area contributed by atoms with Gasteiger partial charge in [-0.15, -0.1) is 0 Å². The Morgan fingerprint density at radius 1 is 0.967 bits per heavy atom. The molecule has 1 fully saturated rings. The van der Waals surface area contributed by atoms with Gasteiger partial charge in [-0.25, -0.2) is 15.0 Å². The first-order valence-electron chi connectivity index (χ1n) is 10.2. The molecule has 0 aliphatic carbocycles. The second-order valence-electron chi connectivity index (χ2n) is 9.23. The molecule has 0 unspecified atom stereocenters. The molecule has 30 heavy (non-hydrogen) atoms. The highest BCUT2D eigenvalue weighted by Crippen LogP contribution is 2.32. The molecule has 1 saturated heterocycles. The van der Waals surface area contributed by atoms with E-state index >= 15 is 0 Å². The van der Waals surface area contributed by atoms with Crippen LogP contribution in [-0.4, -0.2) is 42.2 Å². The summed E-state index contributed by atoms with van der Waals surface area (Å²) in [4.78, 5) is 17.5. The van der Waals surface area contributed by atoms with Gasteiger partial charge in [0.05, 0.1) is 18.1 Å². The van der Waals surface area contributed by atoms with Gasteiger partial charge in [0.2, 0.25) is 0 Å². The smallest absolute Gasteiger partial charge is 0.159 e. The van der Waals surface area contributed by atoms with E-state index in [9.17, 15) is 5.11 Å². The first kappa shape index (κ1) is 20.2. The molecule has 0 atom stereocenters. The molecule has 0 radical (unpaired) electrons. The van der Waals surface area contributed by atoms with Crippen LogP contribution < -0.4 is 10.6 Å². The molecule has 0 saturated carbocycles. The number of phenols is 1. The number of rotatable bonds is 4. The van der Waals surface area contributed by atoms with E-state index in [-0.39, 0.29) is 16.8 Å². The van der Waals surface area contributed by atoms with E-state index in [2.05, 4.69) is 58.3 Å². The van der Waals surface area contributed by atoms with Crippen LogP contribution in [0.3, 0.4) is 0 Å². The second-order valence-corrected chi connectivity index (χ2v) is 9.23. The molecule has 156 valence electrons. The van der Waals surface area contributed by atoms with Crippen molar-refractivity contribution < 1.29 is 5.11 Å². The van der Waals surface area contributed by atoms with Gasteiger partial charge in [-0.1, -0.05) is 6.07 Å². The van der Waals surface area contributed by atoms with E-state index in [1.54, 1.807) is 36.9 Å². The van der Waals surface area contributed by atoms with Crippen molar-refractivity contribution in [2.45, 2.75) is 57.7 Å². The third kappa shape index (κ3) is 4.57. The number of piperidine rings is 1. The highest BCUT2D eigenvalue weighted by Gasteiger charge is 2.37. The van der Waals surface area contributed by atoms with Gasteiger partial charge in [0.15, 0.2) is 5.82 Å². The van der Waals surface area contributed by atoms with Crippen LogP contribution in [0.15, 0.2) is 49.1 Å². The summed E-state index contributed by atoms with van der Waals surface area (Å²) in [6.45, 7) is 8.91. The van der Waals surface area contributed by atoms with Crippen molar-refractivity contribution in [2.24, 2.45) is 0 Å². The Hall–Kier alpha value is -3.06. The predicted molar refractivity (Wildman–Crippen MR) is 118 cm³/mol. The van der Waals surface area contributed by atoms with Crippen molar-refractivity contribution in [3.05, 3.63) is 49.1 Å². The monoisotopic (exact) mass is 404 g/mol. The van der Waals surface area contributed by atoms with Gasteiger partial charge in [-0.05, 0) is 58.7 Å². The maximum Gasteiger partial charge on any atom is 0.159 e. The maximum absolute atomic E-state index is 10.5. The van der Waals surface area contributed by atoms with Gasteiger partial charge in [-0.3, -0.25) is 4.98 Å². The minimum atomic E-state index is 0.0583. The summed E-state index contributed by atoms with van der Waals surface area (Å²) in [6.07, 6.45) is 8.77. The van der Waals surface area contributed by atoms with Crippen LogP contribution >= 0.6 is 0 Å². The van der Waals surface area contributed by atoms with E-state index < -0.39 is 0 Å². The van der Waals surface area contributed by atoms with Crippen molar-refractivity contribution in [2.75, 3.05) is 5.32 Å². The average Bonchev–Trinajstić information content (AvgIpc) is 2.67. The quantitative estimate of drug-likeness (QED) is 0.604. The van der Waals surface area contributed by atoms with Crippen LogP contribution in [0.25, 0.3) is 22.6 Å². The van der Waals surface area contributed by atoms with Gasteiger partial charge >= 0.3 is 0 Å². The summed E-state index contributed by atoms with van der Waals surface area (Å²) >= 11 is 0. The zero-order valence-electron chi connectivity index (χ0n) is 17.8. The number of aromatic nitrogens is 4. The molecule has 7 heteroatoms. The molecule has 4 rings (SSSR count). The van der Waals surface area contributed by atoms with Crippen molar-refractivity contribution in [1.29, 1.82) is 0 Å². The van der Waals surface area contributed by atoms with E-state index in [4.69, 9.17) is 0 Å². The molecule has 3 N–H and O–H groups in total. The summed E-state index contributed by atoms with van der Waals surface area (Å²) < 4.78 is 0. The van der Waals surface area contributed by atoms with Crippen LogP contribution in [-0.2, 0) is 0 Å². The topological polar surface area (TPSA) is 95.9 Å². The number of aromatic hydroxyl groups is 1. The third-order valence-electron chi connectivity index (χ3n) is 5.29. The number of anilines is 1. The Bertz CT molecular complexity index is 1000. The zero-order chi connectivity index (χ0) is 21.4. The lowest BCUT2D eigenvalue weighted by Crippen LogP contribution is -2.60. The van der Waals surface area contributed by atoms with Gasteiger partial charge < -0.3 is 15.7 Å². The van der Waals surface area contributed by atoms with Gasteiger partial charge in [-0.2, -0.15) is 0 Å². The highest BCUT2D eigenvalue weighted by atomic mass is 16.3. The Morgan fingerprint density at radius 2 is 1.67 bits per heavy atom. The molecule has 7 nitrogen and oxygen atoms in total. The molecule has 2 aromatic heterocycles. The van der Waals surface area contributed by atoms with Crippen LogP contribution in [0.1, 0.15) is 40.5 Å². The highest BCUT2D eigenvalue weighted by molar-refractivity contribution is 5.71. The number of benzene rings is 1. The predicted octanol–water partition coefficient (Wildman–Crippen LogP) is 4.03. The summed E-state index contributed by atoms with van der Waals surface area (Å²) in [6, 6.07) is 7.41. The van der Waals surface area contributed by atoms with E-state index in [1.165, 1.54) is 0 Å². The Labute approximate surface area is 177 Å². The molecule has 0 bridgehead atoms. The van der Waals surface area contributed by atoms with Crippen molar-refractivity contribution in [1.82, 2.24) is 25.3 Å². The maximum atomic E-state index is 10.5. The van der Waals surface area contributed by atoms with Gasteiger partial charge in [0, 0.05) is 40.6 Å². The van der Waals surface area contributed by atoms with Gasteiger partial charge in [0.1, 0.15) is 11.6 Å². The van der Waals surface area contributed by atoms with Crippen molar-refractivity contribution in [3.63, 3.8) is 0 Å². The number of hydrogen-bond acceptors (Lipinski definition) is 7. The molecule has 0 amide bonds. The minimum absolute atomic E-state index is 0.0583. The third-order valence-corrected chi connectivity index (χ3v) is 5.29. The molecular weight excluding hydrogens is 376 g/mol. The van der Waals surface area contributed by atoms with Crippen molar-refractivity contribution >= 4 is 5.82 Å². The second kappa shape index (κ2) is 7.65. The number of phenolic OH excluding ortho intramolecular Hbond substituents is 1. The van der Waals surface area contributed by atoms with Crippen LogP contribution in [0, 0.1) is 0 Å².